The van der Waals surface area contributed by atoms with E-state index in [9.17, 15) is 9.59 Å². The third kappa shape index (κ3) is 4.59. The van der Waals surface area contributed by atoms with Crippen LogP contribution in [0.3, 0.4) is 0 Å². The number of anilines is 1. The fraction of sp³-hybridized carbons (Fsp3) is 0.350. The molecule has 1 N–H and O–H groups in total. The highest BCUT2D eigenvalue weighted by Gasteiger charge is 2.14. The van der Waals surface area contributed by atoms with E-state index in [-0.39, 0.29) is 17.2 Å². The molecule has 0 aliphatic carbocycles. The van der Waals surface area contributed by atoms with E-state index < -0.39 is 0 Å². The number of nitrogens with one attached hydrogen (secondary N) is 1. The standard InChI is InChI=1S/C20H23N3O2S2/c1-4-5-9-23-19(25)18-15(8-10-26-18)22-20(23)27-12-17(24)21-16-11-13(2)6-7-14(16)3/h6-8,10-11H,4-5,9,12H2,1-3H3,(H,21,24). The predicted molar refractivity (Wildman–Crippen MR) is 114 cm³/mol. The van der Waals surface area contributed by atoms with Crippen LogP contribution in [0.1, 0.15) is 30.9 Å². The van der Waals surface area contributed by atoms with Crippen molar-refractivity contribution >= 4 is 44.9 Å². The Morgan fingerprint density at radius 1 is 1.30 bits per heavy atom. The molecule has 0 saturated heterocycles. The molecule has 0 unspecified atom stereocenters. The summed E-state index contributed by atoms with van der Waals surface area (Å²) in [6.07, 6.45) is 1.90. The number of thiophene rings is 1. The van der Waals surface area contributed by atoms with E-state index >= 15 is 0 Å². The minimum atomic E-state index is -0.101. The molecule has 0 spiro atoms. The molecule has 0 radical (unpaired) electrons. The zero-order valence-electron chi connectivity index (χ0n) is 15.7. The molecule has 0 fully saturated rings. The molecular weight excluding hydrogens is 378 g/mol. The molecule has 5 nitrogen and oxygen atoms in total. The fourth-order valence-electron chi connectivity index (χ4n) is 2.73. The van der Waals surface area contributed by atoms with Crippen LogP contribution in [0.5, 0.6) is 0 Å². The van der Waals surface area contributed by atoms with Crippen LogP contribution < -0.4 is 10.9 Å². The predicted octanol–water partition coefficient (Wildman–Crippen LogP) is 4.61. The summed E-state index contributed by atoms with van der Waals surface area (Å²) in [4.78, 5) is 29.8. The number of hydrogen-bond donors (Lipinski definition) is 1. The molecule has 1 amide bonds. The number of aromatic nitrogens is 2. The third-order valence-electron chi connectivity index (χ3n) is 4.27. The van der Waals surface area contributed by atoms with Crippen molar-refractivity contribution in [1.82, 2.24) is 9.55 Å². The van der Waals surface area contributed by atoms with E-state index in [4.69, 9.17) is 0 Å². The van der Waals surface area contributed by atoms with E-state index in [1.807, 2.05) is 43.5 Å². The van der Waals surface area contributed by atoms with Crippen molar-refractivity contribution in [3.63, 3.8) is 0 Å². The van der Waals surface area contributed by atoms with Gasteiger partial charge in [0.1, 0.15) is 4.70 Å². The SMILES string of the molecule is CCCCn1c(SCC(=O)Nc2cc(C)ccc2C)nc2ccsc2c1=O. The molecule has 0 aliphatic rings. The summed E-state index contributed by atoms with van der Waals surface area (Å²) in [5.41, 5.74) is 3.64. The first-order valence-electron chi connectivity index (χ1n) is 8.97. The summed E-state index contributed by atoms with van der Waals surface area (Å²) in [5, 5.41) is 5.44. The molecule has 0 aliphatic heterocycles. The lowest BCUT2D eigenvalue weighted by Crippen LogP contribution is -2.23. The van der Waals surface area contributed by atoms with Crippen LogP contribution in [-0.2, 0) is 11.3 Å². The Hall–Kier alpha value is -2.12. The lowest BCUT2D eigenvalue weighted by Gasteiger charge is -2.12. The molecule has 0 bridgehead atoms. The highest BCUT2D eigenvalue weighted by atomic mass is 32.2. The smallest absolute Gasteiger partial charge is 0.272 e. The Bertz CT molecular complexity index is 1020. The number of benzene rings is 1. The number of aryl methyl sites for hydroxylation is 2. The van der Waals surface area contributed by atoms with Gasteiger partial charge in [-0.05, 0) is 48.9 Å². The van der Waals surface area contributed by atoms with E-state index in [2.05, 4.69) is 17.2 Å². The van der Waals surface area contributed by atoms with Gasteiger partial charge in [0.25, 0.3) is 5.56 Å². The van der Waals surface area contributed by atoms with Crippen LogP contribution >= 0.6 is 23.1 Å². The van der Waals surface area contributed by atoms with Gasteiger partial charge in [0.15, 0.2) is 5.16 Å². The van der Waals surface area contributed by atoms with Gasteiger partial charge >= 0.3 is 0 Å². The molecule has 3 rings (SSSR count). The van der Waals surface area contributed by atoms with E-state index in [1.165, 1.54) is 23.1 Å². The minimum Gasteiger partial charge on any atom is -0.325 e. The average Bonchev–Trinajstić information content (AvgIpc) is 3.11. The number of hydrogen-bond acceptors (Lipinski definition) is 5. The molecule has 3 aromatic rings. The number of fused-ring (bicyclic) bond motifs is 1. The normalized spacial score (nSPS) is 11.1. The summed E-state index contributed by atoms with van der Waals surface area (Å²) in [6, 6.07) is 7.83. The molecule has 2 aromatic heterocycles. The van der Waals surface area contributed by atoms with Gasteiger partial charge in [0, 0.05) is 12.2 Å². The molecule has 1 aromatic carbocycles. The first-order chi connectivity index (χ1) is 13.0. The van der Waals surface area contributed by atoms with E-state index in [0.29, 0.717) is 21.9 Å². The van der Waals surface area contributed by atoms with Gasteiger partial charge < -0.3 is 5.32 Å². The lowest BCUT2D eigenvalue weighted by atomic mass is 10.1. The van der Waals surface area contributed by atoms with Crippen LogP contribution in [0.25, 0.3) is 10.2 Å². The lowest BCUT2D eigenvalue weighted by molar-refractivity contribution is -0.113. The fourth-order valence-corrected chi connectivity index (χ4v) is 4.34. The van der Waals surface area contributed by atoms with Crippen molar-refractivity contribution in [2.24, 2.45) is 0 Å². The van der Waals surface area contributed by atoms with Gasteiger partial charge in [-0.15, -0.1) is 11.3 Å². The highest BCUT2D eigenvalue weighted by molar-refractivity contribution is 7.99. The minimum absolute atomic E-state index is 0.0131. The zero-order valence-corrected chi connectivity index (χ0v) is 17.4. The van der Waals surface area contributed by atoms with Crippen LogP contribution in [-0.4, -0.2) is 21.2 Å². The van der Waals surface area contributed by atoms with Gasteiger partial charge in [0.2, 0.25) is 5.91 Å². The Balaban J connectivity index is 1.78. The van der Waals surface area contributed by atoms with Gasteiger partial charge in [-0.3, -0.25) is 14.2 Å². The topological polar surface area (TPSA) is 64.0 Å². The van der Waals surface area contributed by atoms with Crippen molar-refractivity contribution < 1.29 is 4.79 Å². The maximum Gasteiger partial charge on any atom is 0.272 e. The largest absolute Gasteiger partial charge is 0.325 e. The molecule has 0 saturated carbocycles. The first kappa shape index (κ1) is 19.6. The van der Waals surface area contributed by atoms with E-state index in [0.717, 1.165) is 29.7 Å². The van der Waals surface area contributed by atoms with E-state index in [1.54, 1.807) is 4.57 Å². The van der Waals surface area contributed by atoms with Gasteiger partial charge in [-0.25, -0.2) is 4.98 Å². The van der Waals surface area contributed by atoms with Crippen molar-refractivity contribution in [1.29, 1.82) is 0 Å². The highest BCUT2D eigenvalue weighted by Crippen LogP contribution is 2.22. The van der Waals surface area contributed by atoms with Crippen molar-refractivity contribution in [2.75, 3.05) is 11.1 Å². The monoisotopic (exact) mass is 401 g/mol. The number of unbranched alkanes of at least 4 members (excludes halogenated alkanes) is 1. The number of carbonyl (C=O) groups is 1. The van der Waals surface area contributed by atoms with Crippen molar-refractivity contribution in [2.45, 2.75) is 45.3 Å². The van der Waals surface area contributed by atoms with Crippen molar-refractivity contribution in [3.8, 4) is 0 Å². The maximum atomic E-state index is 12.8. The number of thioether (sulfide) groups is 1. The second kappa shape index (κ2) is 8.71. The second-order valence-electron chi connectivity index (χ2n) is 6.49. The molecule has 142 valence electrons. The van der Waals surface area contributed by atoms with Gasteiger partial charge in [0.05, 0.1) is 11.3 Å². The first-order valence-corrected chi connectivity index (χ1v) is 10.8. The van der Waals surface area contributed by atoms with Crippen LogP contribution in [0.15, 0.2) is 39.6 Å². The Morgan fingerprint density at radius 2 is 2.11 bits per heavy atom. The third-order valence-corrected chi connectivity index (χ3v) is 6.13. The van der Waals surface area contributed by atoms with Crippen LogP contribution in [0, 0.1) is 13.8 Å². The number of nitrogens with zero attached hydrogens (tertiary/aromatic N) is 2. The second-order valence-corrected chi connectivity index (χ2v) is 8.35. The summed E-state index contributed by atoms with van der Waals surface area (Å²) in [7, 11) is 0. The number of rotatable bonds is 7. The molecular formula is C20H23N3O2S2. The number of carbonyl (C=O) groups excluding carboxylic acids is 1. The summed E-state index contributed by atoms with van der Waals surface area (Å²) in [5.74, 6) is 0.108. The Morgan fingerprint density at radius 3 is 2.89 bits per heavy atom. The molecule has 7 heteroatoms. The van der Waals surface area contributed by atoms with Gasteiger partial charge in [-0.1, -0.05) is 37.2 Å². The Kier molecular flexibility index (Phi) is 6.34. The average molecular weight is 402 g/mol. The summed E-state index contributed by atoms with van der Waals surface area (Å²) < 4.78 is 2.38. The number of amides is 1. The maximum absolute atomic E-state index is 12.8. The van der Waals surface area contributed by atoms with Crippen molar-refractivity contribution in [3.05, 3.63) is 51.1 Å². The molecule has 0 atom stereocenters. The molecule has 2 heterocycles. The Labute approximate surface area is 166 Å². The summed E-state index contributed by atoms with van der Waals surface area (Å²) in [6.45, 7) is 6.68. The van der Waals surface area contributed by atoms with Crippen LogP contribution in [0.4, 0.5) is 5.69 Å². The van der Waals surface area contributed by atoms with Crippen LogP contribution in [0.2, 0.25) is 0 Å². The zero-order chi connectivity index (χ0) is 19.4. The summed E-state index contributed by atoms with van der Waals surface area (Å²) >= 11 is 2.73. The molecule has 27 heavy (non-hydrogen) atoms. The quantitative estimate of drug-likeness (QED) is 0.464. The van der Waals surface area contributed by atoms with Gasteiger partial charge in [-0.2, -0.15) is 0 Å².